The van der Waals surface area contributed by atoms with Crippen LogP contribution < -0.4 is 10.8 Å². The topological polar surface area (TPSA) is 177 Å². The van der Waals surface area contributed by atoms with Gasteiger partial charge in [-0.05, 0) is 0 Å². The maximum atomic E-state index is 10.7. The summed E-state index contributed by atoms with van der Waals surface area (Å²) in [5.74, 6) is -4.81. The quantitative estimate of drug-likeness (QED) is 0.290. The molecule has 0 aromatic heterocycles. The highest BCUT2D eigenvalue weighted by atomic mass is 16.7. The smallest absolute Gasteiger partial charge is 0.210 e. The van der Waals surface area contributed by atoms with Crippen molar-refractivity contribution in [1.29, 1.82) is 0 Å². The number of carbonyl (C=O) groups is 1. The normalized spacial score (nSPS) is 40.2. The monoisotopic (exact) mass is 266 g/mol. The number of carbonyl (C=O) groups excluding carboxylic acids is 1. The van der Waals surface area contributed by atoms with Gasteiger partial charge in [-0.3, -0.25) is 0 Å². The first-order valence-corrected chi connectivity index (χ1v) is 5.25. The van der Waals surface area contributed by atoms with Crippen LogP contribution in [0.2, 0.25) is 0 Å². The molecule has 0 aromatic carbocycles. The number of nitrogens with two attached hydrogens (primary N) is 1. The summed E-state index contributed by atoms with van der Waals surface area (Å²) < 4.78 is 4.69. The Morgan fingerprint density at radius 2 is 2.11 bits per heavy atom. The maximum Gasteiger partial charge on any atom is 0.210 e. The van der Waals surface area contributed by atoms with Crippen LogP contribution in [0.3, 0.4) is 0 Å². The van der Waals surface area contributed by atoms with E-state index in [9.17, 15) is 30.3 Å². The molecule has 7 N–H and O–H groups in total. The lowest BCUT2D eigenvalue weighted by molar-refractivity contribution is -0.373. The predicted molar refractivity (Wildman–Crippen MR) is 52.5 cm³/mol. The minimum Gasteiger partial charge on any atom is -0.544 e. The van der Waals surface area contributed by atoms with Gasteiger partial charge in [0.05, 0.1) is 18.8 Å². The van der Waals surface area contributed by atoms with Crippen molar-refractivity contribution in [3.05, 3.63) is 0 Å². The zero-order chi connectivity index (χ0) is 14.1. The van der Waals surface area contributed by atoms with Crippen LogP contribution in [0.15, 0.2) is 0 Å². The Hall–Kier alpha value is -0.810. The molecular weight excluding hydrogens is 250 g/mol. The fourth-order valence-corrected chi connectivity index (χ4v) is 1.75. The van der Waals surface area contributed by atoms with Crippen LogP contribution in [0.5, 0.6) is 0 Å². The van der Waals surface area contributed by atoms with Gasteiger partial charge in [-0.2, -0.15) is 0 Å². The van der Waals surface area contributed by atoms with Gasteiger partial charge in [0.1, 0.15) is 24.3 Å². The van der Waals surface area contributed by atoms with E-state index in [1.807, 2.05) is 0 Å². The molecule has 9 heteroatoms. The number of rotatable bonds is 4. The maximum absolute atomic E-state index is 10.7. The number of hydrogen-bond donors (Lipinski definition) is 6. The van der Waals surface area contributed by atoms with Gasteiger partial charge in [0, 0.05) is 6.42 Å². The summed E-state index contributed by atoms with van der Waals surface area (Å²) in [6.45, 7) is -0.826. The zero-order valence-corrected chi connectivity index (χ0v) is 9.34. The second-order valence-electron chi connectivity index (χ2n) is 4.24. The van der Waals surface area contributed by atoms with Gasteiger partial charge in [0.25, 0.3) is 0 Å². The van der Waals surface area contributed by atoms with Gasteiger partial charge in [-0.15, -0.1) is 0 Å². The molecule has 6 atom stereocenters. The lowest BCUT2D eigenvalue weighted by Gasteiger charge is -2.45. The van der Waals surface area contributed by atoms with Crippen molar-refractivity contribution in [3.63, 3.8) is 0 Å². The van der Waals surface area contributed by atoms with Crippen molar-refractivity contribution in [2.24, 2.45) is 5.73 Å². The first-order valence-electron chi connectivity index (χ1n) is 5.25. The van der Waals surface area contributed by atoms with Crippen molar-refractivity contribution in [1.82, 2.24) is 0 Å². The summed E-state index contributed by atoms with van der Waals surface area (Å²) in [5, 5.41) is 57.3. The second-order valence-corrected chi connectivity index (χ2v) is 4.24. The van der Waals surface area contributed by atoms with Gasteiger partial charge >= 0.3 is 0 Å². The number of carboxylic acid groups (broad SMARTS) is 1. The molecule has 0 saturated carbocycles. The third kappa shape index (κ3) is 2.78. The van der Waals surface area contributed by atoms with Crippen molar-refractivity contribution in [3.8, 4) is 0 Å². The minimum absolute atomic E-state index is 0.727. The van der Waals surface area contributed by atoms with Crippen LogP contribution in [0.1, 0.15) is 6.42 Å². The molecule has 1 aliphatic heterocycles. The molecule has 0 aliphatic carbocycles. The Kier molecular flexibility index (Phi) is 4.61. The molecular formula is C9H16NO8-. The summed E-state index contributed by atoms with van der Waals surface area (Å²) >= 11 is 0. The van der Waals surface area contributed by atoms with Crippen LogP contribution in [-0.4, -0.2) is 74.4 Å². The Morgan fingerprint density at radius 3 is 2.56 bits per heavy atom. The third-order valence-electron chi connectivity index (χ3n) is 2.88. The molecule has 0 aromatic rings. The molecule has 18 heavy (non-hydrogen) atoms. The van der Waals surface area contributed by atoms with E-state index in [-0.39, 0.29) is 0 Å². The number of aliphatic carboxylic acids is 1. The van der Waals surface area contributed by atoms with E-state index in [1.54, 1.807) is 0 Å². The van der Waals surface area contributed by atoms with Crippen molar-refractivity contribution in [2.45, 2.75) is 42.7 Å². The molecule has 0 bridgehead atoms. The van der Waals surface area contributed by atoms with Crippen molar-refractivity contribution < 1.29 is 40.2 Å². The molecule has 1 aliphatic rings. The van der Waals surface area contributed by atoms with E-state index < -0.39 is 55.2 Å². The summed E-state index contributed by atoms with van der Waals surface area (Å²) in [6, 6.07) is -1.24. The molecule has 1 heterocycles. The van der Waals surface area contributed by atoms with Crippen molar-refractivity contribution >= 4 is 5.97 Å². The molecule has 0 spiro atoms. The standard InChI is InChI=1S/C9H17NO8/c10-5-3(12)1-9(17,8(15)16)18-7(5)6(14)4(13)2-11/h3-7,11-14,17H,1-2,10H2,(H,15,16)/p-1/t3?,4?,5-,6?,7+,9?/m1/s1. The van der Waals surface area contributed by atoms with Crippen LogP contribution in [0, 0.1) is 0 Å². The van der Waals surface area contributed by atoms with Gasteiger partial charge < -0.3 is 45.9 Å². The molecule has 1 fully saturated rings. The fourth-order valence-electron chi connectivity index (χ4n) is 1.75. The van der Waals surface area contributed by atoms with Crippen LogP contribution in [0.4, 0.5) is 0 Å². The van der Waals surface area contributed by atoms with E-state index in [1.165, 1.54) is 0 Å². The number of aliphatic hydroxyl groups excluding tert-OH is 4. The predicted octanol–water partition coefficient (Wildman–Crippen LogP) is -5.38. The Bertz CT molecular complexity index is 313. The first kappa shape index (κ1) is 15.2. The van der Waals surface area contributed by atoms with Gasteiger partial charge in [-0.1, -0.05) is 0 Å². The molecule has 4 unspecified atom stereocenters. The Labute approximate surface area is 102 Å². The average Bonchev–Trinajstić information content (AvgIpc) is 2.31. The first-order chi connectivity index (χ1) is 8.23. The SMILES string of the molecule is N[C@@H]1C(O)CC(O)(C(=O)[O-])O[C@@H]1C(O)C(O)CO. The van der Waals surface area contributed by atoms with Crippen molar-refractivity contribution in [2.75, 3.05) is 6.61 Å². The van der Waals surface area contributed by atoms with E-state index in [2.05, 4.69) is 0 Å². The van der Waals surface area contributed by atoms with E-state index in [0.29, 0.717) is 0 Å². The van der Waals surface area contributed by atoms with Crippen LogP contribution >= 0.6 is 0 Å². The van der Waals surface area contributed by atoms with Gasteiger partial charge in [0.2, 0.25) is 5.79 Å². The highest BCUT2D eigenvalue weighted by molar-refractivity contribution is 5.73. The summed E-state index contributed by atoms with van der Waals surface area (Å²) in [4.78, 5) is 10.7. The zero-order valence-electron chi connectivity index (χ0n) is 9.34. The Morgan fingerprint density at radius 1 is 1.56 bits per heavy atom. The lowest BCUT2D eigenvalue weighted by atomic mass is 9.89. The lowest BCUT2D eigenvalue weighted by Crippen LogP contribution is -2.67. The van der Waals surface area contributed by atoms with E-state index in [4.69, 9.17) is 15.6 Å². The van der Waals surface area contributed by atoms with Gasteiger partial charge in [0.15, 0.2) is 0 Å². The Balaban J connectivity index is 2.92. The van der Waals surface area contributed by atoms with E-state index in [0.717, 1.165) is 0 Å². The third-order valence-corrected chi connectivity index (χ3v) is 2.88. The summed E-state index contributed by atoms with van der Waals surface area (Å²) in [5.41, 5.74) is 5.48. The van der Waals surface area contributed by atoms with Crippen LogP contribution in [-0.2, 0) is 9.53 Å². The fraction of sp³-hybridized carbons (Fsp3) is 0.889. The minimum atomic E-state index is -2.81. The summed E-state index contributed by atoms with van der Waals surface area (Å²) in [6.07, 6.45) is -7.20. The molecule has 0 radical (unpaired) electrons. The molecule has 9 nitrogen and oxygen atoms in total. The second kappa shape index (κ2) is 5.45. The molecule has 0 amide bonds. The van der Waals surface area contributed by atoms with Gasteiger partial charge in [-0.25, -0.2) is 0 Å². The number of carboxylic acids is 1. The number of ether oxygens (including phenoxy) is 1. The molecule has 106 valence electrons. The number of aliphatic hydroxyl groups is 5. The highest BCUT2D eigenvalue weighted by Crippen LogP contribution is 2.28. The number of hydrogen-bond acceptors (Lipinski definition) is 9. The molecule has 1 rings (SSSR count). The summed E-state index contributed by atoms with van der Waals surface area (Å²) in [7, 11) is 0. The highest BCUT2D eigenvalue weighted by Gasteiger charge is 2.49. The van der Waals surface area contributed by atoms with Crippen LogP contribution in [0.25, 0.3) is 0 Å². The molecule has 1 saturated heterocycles. The average molecular weight is 266 g/mol. The largest absolute Gasteiger partial charge is 0.544 e. The van der Waals surface area contributed by atoms with E-state index >= 15 is 0 Å².